The third-order valence-electron chi connectivity index (χ3n) is 3.58. The van der Waals surface area contributed by atoms with Crippen LogP contribution in [0.25, 0.3) is 0 Å². The van der Waals surface area contributed by atoms with Crippen molar-refractivity contribution in [3.05, 3.63) is 22.5 Å². The Bertz CT molecular complexity index is 501. The van der Waals surface area contributed by atoms with Gasteiger partial charge in [-0.25, -0.2) is 4.98 Å². The van der Waals surface area contributed by atoms with Crippen LogP contribution in [0.3, 0.4) is 0 Å². The highest BCUT2D eigenvalue weighted by atomic mass is 16.5. The molecule has 0 saturated carbocycles. The van der Waals surface area contributed by atoms with E-state index in [9.17, 15) is 5.26 Å². The van der Waals surface area contributed by atoms with E-state index in [2.05, 4.69) is 11.1 Å². The molecule has 1 heterocycles. The van der Waals surface area contributed by atoms with Gasteiger partial charge in [0.2, 0.25) is 0 Å². The van der Waals surface area contributed by atoms with Crippen LogP contribution in [0.4, 0.5) is 5.69 Å². The minimum absolute atomic E-state index is 0.172. The lowest BCUT2D eigenvalue weighted by atomic mass is 9.98. The Balaban J connectivity index is 3.54. The molecule has 0 spiro atoms. The van der Waals surface area contributed by atoms with E-state index in [1.165, 1.54) is 0 Å². The van der Waals surface area contributed by atoms with Gasteiger partial charge in [-0.05, 0) is 25.3 Å². The Hall–Kier alpha value is -1.64. The fourth-order valence-corrected chi connectivity index (χ4v) is 2.33. The summed E-state index contributed by atoms with van der Waals surface area (Å²) in [5.41, 5.74) is 9.25. The van der Waals surface area contributed by atoms with E-state index in [1.54, 1.807) is 14.2 Å². The van der Waals surface area contributed by atoms with Crippen molar-refractivity contribution >= 4 is 5.69 Å². The molecule has 2 atom stereocenters. The first-order chi connectivity index (χ1) is 9.55. The van der Waals surface area contributed by atoms with Gasteiger partial charge in [-0.1, -0.05) is 13.8 Å². The van der Waals surface area contributed by atoms with Crippen LogP contribution in [0.2, 0.25) is 0 Å². The van der Waals surface area contributed by atoms with Gasteiger partial charge in [0.05, 0.1) is 22.6 Å². The van der Waals surface area contributed by atoms with Crippen LogP contribution in [0.1, 0.15) is 61.4 Å². The first-order valence-corrected chi connectivity index (χ1v) is 6.81. The zero-order valence-corrected chi connectivity index (χ0v) is 12.9. The molecule has 0 radical (unpaired) electrons. The van der Waals surface area contributed by atoms with Crippen molar-refractivity contribution in [1.29, 1.82) is 5.26 Å². The van der Waals surface area contributed by atoms with Crippen LogP contribution >= 0.6 is 0 Å². The second-order valence-electron chi connectivity index (χ2n) is 4.67. The maximum atomic E-state index is 9.38. The van der Waals surface area contributed by atoms with E-state index in [4.69, 9.17) is 15.2 Å². The minimum atomic E-state index is -0.211. The standard InChI is InChI=1S/C15H23N3O2/c1-6-11(19-4)14-10(8-16)9(3)13(17)15(18-14)12(7-2)20-5/h11-12H,6-7,17H2,1-5H3. The summed E-state index contributed by atoms with van der Waals surface area (Å²) in [7, 11) is 3.26. The molecule has 1 aromatic rings. The van der Waals surface area contributed by atoms with Gasteiger partial charge in [-0.15, -0.1) is 0 Å². The average Bonchev–Trinajstić information content (AvgIpc) is 2.46. The lowest BCUT2D eigenvalue weighted by Gasteiger charge is -2.22. The van der Waals surface area contributed by atoms with Crippen molar-refractivity contribution in [2.24, 2.45) is 0 Å². The molecule has 1 aromatic heterocycles. The fraction of sp³-hybridized carbons (Fsp3) is 0.600. The van der Waals surface area contributed by atoms with Crippen LogP contribution in [-0.2, 0) is 9.47 Å². The van der Waals surface area contributed by atoms with Crippen LogP contribution < -0.4 is 5.73 Å². The molecule has 0 fully saturated rings. The molecule has 110 valence electrons. The van der Waals surface area contributed by atoms with E-state index >= 15 is 0 Å². The highest BCUT2D eigenvalue weighted by Crippen LogP contribution is 2.33. The van der Waals surface area contributed by atoms with Crippen molar-refractivity contribution in [3.8, 4) is 6.07 Å². The predicted octanol–water partition coefficient (Wildman–Crippen LogP) is 3.04. The van der Waals surface area contributed by atoms with Gasteiger partial charge in [0.25, 0.3) is 0 Å². The van der Waals surface area contributed by atoms with Crippen molar-refractivity contribution in [2.45, 2.75) is 45.8 Å². The maximum absolute atomic E-state index is 9.38. The predicted molar refractivity (Wildman–Crippen MR) is 78.2 cm³/mol. The zero-order valence-electron chi connectivity index (χ0n) is 12.9. The summed E-state index contributed by atoms with van der Waals surface area (Å²) in [5, 5.41) is 9.38. The quantitative estimate of drug-likeness (QED) is 0.864. The van der Waals surface area contributed by atoms with Gasteiger partial charge in [0.1, 0.15) is 18.3 Å². The Morgan fingerprint density at radius 3 is 2.05 bits per heavy atom. The highest BCUT2D eigenvalue weighted by molar-refractivity contribution is 5.59. The van der Waals surface area contributed by atoms with Crippen molar-refractivity contribution in [1.82, 2.24) is 4.98 Å². The summed E-state index contributed by atoms with van der Waals surface area (Å²) in [6, 6.07) is 2.19. The molecule has 0 aliphatic rings. The number of nitrogens with two attached hydrogens (primary N) is 1. The Morgan fingerprint density at radius 1 is 1.15 bits per heavy atom. The van der Waals surface area contributed by atoms with E-state index in [-0.39, 0.29) is 12.2 Å². The molecule has 0 bridgehead atoms. The van der Waals surface area contributed by atoms with E-state index in [0.29, 0.717) is 22.6 Å². The Morgan fingerprint density at radius 2 is 1.65 bits per heavy atom. The van der Waals surface area contributed by atoms with Crippen LogP contribution in [0.5, 0.6) is 0 Å². The molecule has 5 nitrogen and oxygen atoms in total. The molecule has 0 aromatic carbocycles. The number of nitrogens with zero attached hydrogens (tertiary/aromatic N) is 2. The summed E-state index contributed by atoms with van der Waals surface area (Å²) in [4.78, 5) is 4.59. The monoisotopic (exact) mass is 277 g/mol. The number of aromatic nitrogens is 1. The van der Waals surface area contributed by atoms with Crippen molar-refractivity contribution in [3.63, 3.8) is 0 Å². The summed E-state index contributed by atoms with van der Waals surface area (Å²) < 4.78 is 10.9. The third kappa shape index (κ3) is 2.92. The first kappa shape index (κ1) is 16.4. The summed E-state index contributed by atoms with van der Waals surface area (Å²) in [6.45, 7) is 5.85. The number of rotatable bonds is 6. The lowest BCUT2D eigenvalue weighted by molar-refractivity contribution is 0.0878. The lowest BCUT2D eigenvalue weighted by Crippen LogP contribution is -2.15. The topological polar surface area (TPSA) is 81.2 Å². The van der Waals surface area contributed by atoms with Crippen LogP contribution in [-0.4, -0.2) is 19.2 Å². The van der Waals surface area contributed by atoms with Gasteiger partial charge in [-0.3, -0.25) is 0 Å². The minimum Gasteiger partial charge on any atom is -0.397 e. The molecular weight excluding hydrogens is 254 g/mol. The summed E-state index contributed by atoms with van der Waals surface area (Å²) in [5.74, 6) is 0. The molecule has 20 heavy (non-hydrogen) atoms. The molecular formula is C15H23N3O2. The normalized spacial score (nSPS) is 13.8. The van der Waals surface area contributed by atoms with E-state index in [1.807, 2.05) is 20.8 Å². The molecule has 2 N–H and O–H groups in total. The number of methoxy groups -OCH3 is 2. The van der Waals surface area contributed by atoms with Gasteiger partial charge in [-0.2, -0.15) is 5.26 Å². The summed E-state index contributed by atoms with van der Waals surface area (Å²) in [6.07, 6.45) is 1.12. The maximum Gasteiger partial charge on any atom is 0.102 e. The molecule has 2 unspecified atom stereocenters. The number of ether oxygens (including phenoxy) is 2. The van der Waals surface area contributed by atoms with Crippen molar-refractivity contribution < 1.29 is 9.47 Å². The van der Waals surface area contributed by atoms with Crippen LogP contribution in [0.15, 0.2) is 0 Å². The van der Waals surface area contributed by atoms with Gasteiger partial charge >= 0.3 is 0 Å². The molecule has 1 rings (SSSR count). The number of hydrogen-bond donors (Lipinski definition) is 1. The number of anilines is 1. The first-order valence-electron chi connectivity index (χ1n) is 6.81. The fourth-order valence-electron chi connectivity index (χ4n) is 2.33. The molecule has 5 heteroatoms. The van der Waals surface area contributed by atoms with Crippen molar-refractivity contribution in [2.75, 3.05) is 20.0 Å². The largest absolute Gasteiger partial charge is 0.397 e. The second-order valence-corrected chi connectivity index (χ2v) is 4.67. The Kier molecular flexibility index (Phi) is 5.93. The summed E-state index contributed by atoms with van der Waals surface area (Å²) >= 11 is 0. The zero-order chi connectivity index (χ0) is 15.3. The van der Waals surface area contributed by atoms with E-state index in [0.717, 1.165) is 18.4 Å². The Labute approximate surface area is 120 Å². The third-order valence-corrected chi connectivity index (χ3v) is 3.58. The highest BCUT2D eigenvalue weighted by Gasteiger charge is 2.24. The van der Waals surface area contributed by atoms with E-state index < -0.39 is 0 Å². The number of nitriles is 1. The van der Waals surface area contributed by atoms with Gasteiger partial charge in [0, 0.05) is 14.2 Å². The number of pyridine rings is 1. The SMILES string of the molecule is CCC(OC)c1nc(C(CC)OC)c(C#N)c(C)c1N. The molecule has 0 amide bonds. The number of hydrogen-bond acceptors (Lipinski definition) is 5. The van der Waals surface area contributed by atoms with Gasteiger partial charge in [0.15, 0.2) is 0 Å². The average molecular weight is 277 g/mol. The number of nitrogen functional groups attached to an aromatic ring is 1. The molecule has 0 aliphatic heterocycles. The smallest absolute Gasteiger partial charge is 0.102 e. The van der Waals surface area contributed by atoms with Gasteiger partial charge < -0.3 is 15.2 Å². The van der Waals surface area contributed by atoms with Crippen LogP contribution in [0, 0.1) is 18.3 Å². The molecule has 0 saturated heterocycles. The second kappa shape index (κ2) is 7.22. The molecule has 0 aliphatic carbocycles.